The van der Waals surface area contributed by atoms with Crippen molar-refractivity contribution >= 4 is 41.3 Å². The van der Waals surface area contributed by atoms with Crippen molar-refractivity contribution < 1.29 is 0 Å². The van der Waals surface area contributed by atoms with E-state index in [0.29, 0.717) is 0 Å². The number of halogens is 1. The summed E-state index contributed by atoms with van der Waals surface area (Å²) in [5, 5.41) is 8.99. The normalized spacial score (nSPS) is 19.6. The van der Waals surface area contributed by atoms with Crippen LogP contribution >= 0.6 is 35.3 Å². The van der Waals surface area contributed by atoms with Gasteiger partial charge in [-0.05, 0) is 63.2 Å². The zero-order chi connectivity index (χ0) is 15.1. The Kier molecular flexibility index (Phi) is 9.35. The zero-order valence-electron chi connectivity index (χ0n) is 13.9. The van der Waals surface area contributed by atoms with Crippen molar-refractivity contribution in [1.82, 2.24) is 15.5 Å². The second-order valence-electron chi connectivity index (χ2n) is 5.87. The molecule has 0 bridgehead atoms. The summed E-state index contributed by atoms with van der Waals surface area (Å²) >= 11 is 1.79. The number of nitrogens with zero attached hydrogens (tertiary/aromatic N) is 2. The van der Waals surface area contributed by atoms with Gasteiger partial charge in [0.2, 0.25) is 0 Å². The maximum Gasteiger partial charge on any atom is 0.191 e. The Morgan fingerprint density at radius 2 is 2.27 bits per heavy atom. The average Bonchev–Trinajstić information content (AvgIpc) is 2.87. The number of aryl methyl sites for hydroxylation is 1. The standard InChI is InChI=1S/C16H28N4S.HI/c1-4-17-16(19-11-15-13(2)7-9-21-15)18-10-14-6-5-8-20(3)12-14;/h7,9,14H,4-6,8,10-12H2,1-3H3,(H2,17,18,19);1H. The summed E-state index contributed by atoms with van der Waals surface area (Å²) in [5.74, 6) is 1.68. The predicted octanol–water partition coefficient (Wildman–Crippen LogP) is 3.07. The molecular weight excluding hydrogens is 407 g/mol. The Morgan fingerprint density at radius 3 is 2.91 bits per heavy atom. The van der Waals surface area contributed by atoms with Crippen LogP contribution in [-0.4, -0.2) is 44.1 Å². The fourth-order valence-corrected chi connectivity index (χ4v) is 3.57. The molecule has 0 saturated carbocycles. The van der Waals surface area contributed by atoms with Crippen molar-refractivity contribution in [3.63, 3.8) is 0 Å². The Morgan fingerprint density at radius 1 is 1.45 bits per heavy atom. The molecule has 0 spiro atoms. The number of guanidine groups is 1. The van der Waals surface area contributed by atoms with Crippen LogP contribution in [0.1, 0.15) is 30.2 Å². The fourth-order valence-electron chi connectivity index (χ4n) is 2.74. The Bertz CT molecular complexity index is 461. The van der Waals surface area contributed by atoms with Gasteiger partial charge in [0, 0.05) is 24.5 Å². The van der Waals surface area contributed by atoms with Crippen molar-refractivity contribution in [3.8, 4) is 0 Å². The minimum atomic E-state index is 0. The van der Waals surface area contributed by atoms with E-state index in [0.717, 1.165) is 31.5 Å². The first-order valence-electron chi connectivity index (χ1n) is 7.92. The number of hydrogen-bond acceptors (Lipinski definition) is 3. The average molecular weight is 436 g/mol. The summed E-state index contributed by atoms with van der Waals surface area (Å²) in [4.78, 5) is 8.49. The topological polar surface area (TPSA) is 39.7 Å². The molecule has 1 unspecified atom stereocenters. The van der Waals surface area contributed by atoms with Gasteiger partial charge in [-0.25, -0.2) is 4.99 Å². The molecule has 0 amide bonds. The highest BCUT2D eigenvalue weighted by Crippen LogP contribution is 2.16. The van der Waals surface area contributed by atoms with Gasteiger partial charge in [-0.15, -0.1) is 35.3 Å². The molecule has 2 N–H and O–H groups in total. The van der Waals surface area contributed by atoms with Crippen LogP contribution in [0, 0.1) is 12.8 Å². The summed E-state index contributed by atoms with van der Waals surface area (Å²) in [6, 6.07) is 2.16. The molecule has 0 radical (unpaired) electrons. The molecule has 1 aromatic heterocycles. The number of aliphatic imine (C=N–C) groups is 1. The molecule has 0 aliphatic carbocycles. The predicted molar refractivity (Wildman–Crippen MR) is 108 cm³/mol. The van der Waals surface area contributed by atoms with Crippen molar-refractivity contribution in [2.75, 3.05) is 33.2 Å². The van der Waals surface area contributed by atoms with Crippen LogP contribution in [0.4, 0.5) is 0 Å². The molecule has 1 aliphatic heterocycles. The molecule has 2 rings (SSSR count). The summed E-state index contributed by atoms with van der Waals surface area (Å²) in [7, 11) is 2.21. The van der Waals surface area contributed by atoms with Crippen LogP contribution < -0.4 is 10.6 Å². The zero-order valence-corrected chi connectivity index (χ0v) is 17.0. The van der Waals surface area contributed by atoms with E-state index in [2.05, 4.69) is 47.9 Å². The number of likely N-dealkylation sites (tertiary alicyclic amines) is 1. The lowest BCUT2D eigenvalue weighted by molar-refractivity contribution is 0.210. The molecule has 0 aromatic carbocycles. The number of piperidine rings is 1. The first-order chi connectivity index (χ1) is 10.2. The Labute approximate surface area is 155 Å². The van der Waals surface area contributed by atoms with E-state index in [1.54, 1.807) is 11.3 Å². The first kappa shape index (κ1) is 19.7. The highest BCUT2D eigenvalue weighted by molar-refractivity contribution is 14.0. The molecule has 1 aliphatic rings. The van der Waals surface area contributed by atoms with Gasteiger partial charge in [0.1, 0.15) is 0 Å². The molecular formula is C16H29IN4S. The highest BCUT2D eigenvalue weighted by atomic mass is 127. The molecule has 22 heavy (non-hydrogen) atoms. The van der Waals surface area contributed by atoms with Gasteiger partial charge < -0.3 is 15.5 Å². The van der Waals surface area contributed by atoms with Crippen molar-refractivity contribution in [1.29, 1.82) is 0 Å². The van der Waals surface area contributed by atoms with Gasteiger partial charge in [-0.1, -0.05) is 0 Å². The van der Waals surface area contributed by atoms with Crippen molar-refractivity contribution in [2.45, 2.75) is 33.2 Å². The lowest BCUT2D eigenvalue weighted by Crippen LogP contribution is -2.43. The smallest absolute Gasteiger partial charge is 0.191 e. The van der Waals surface area contributed by atoms with E-state index in [9.17, 15) is 0 Å². The number of hydrogen-bond donors (Lipinski definition) is 2. The van der Waals surface area contributed by atoms with Gasteiger partial charge in [0.25, 0.3) is 0 Å². The monoisotopic (exact) mass is 436 g/mol. The van der Waals surface area contributed by atoms with Gasteiger partial charge >= 0.3 is 0 Å². The van der Waals surface area contributed by atoms with Crippen LogP contribution in [0.3, 0.4) is 0 Å². The van der Waals surface area contributed by atoms with Crippen LogP contribution in [0.5, 0.6) is 0 Å². The van der Waals surface area contributed by atoms with E-state index in [1.807, 2.05) is 0 Å². The molecule has 1 atom stereocenters. The maximum absolute atomic E-state index is 4.71. The second-order valence-corrected chi connectivity index (χ2v) is 6.87. The van der Waals surface area contributed by atoms with Crippen molar-refractivity contribution in [2.24, 2.45) is 10.9 Å². The summed E-state index contributed by atoms with van der Waals surface area (Å²) in [5.41, 5.74) is 1.34. The Balaban J connectivity index is 0.00000242. The summed E-state index contributed by atoms with van der Waals surface area (Å²) in [6.07, 6.45) is 2.63. The van der Waals surface area contributed by atoms with E-state index in [-0.39, 0.29) is 24.0 Å². The lowest BCUT2D eigenvalue weighted by Gasteiger charge is -2.30. The third-order valence-corrected chi connectivity index (χ3v) is 4.98. The molecule has 126 valence electrons. The fraction of sp³-hybridized carbons (Fsp3) is 0.688. The van der Waals surface area contributed by atoms with E-state index < -0.39 is 0 Å². The van der Waals surface area contributed by atoms with Crippen LogP contribution in [-0.2, 0) is 6.54 Å². The van der Waals surface area contributed by atoms with E-state index >= 15 is 0 Å². The highest BCUT2D eigenvalue weighted by Gasteiger charge is 2.17. The minimum absolute atomic E-state index is 0. The van der Waals surface area contributed by atoms with Gasteiger partial charge in [-0.2, -0.15) is 0 Å². The van der Waals surface area contributed by atoms with E-state index in [1.165, 1.54) is 36.4 Å². The molecule has 1 aromatic rings. The van der Waals surface area contributed by atoms with Gasteiger partial charge in [-0.3, -0.25) is 0 Å². The number of thiophene rings is 1. The van der Waals surface area contributed by atoms with Crippen LogP contribution in [0.15, 0.2) is 16.4 Å². The molecule has 1 saturated heterocycles. The Hall–Kier alpha value is -0.340. The molecule has 2 heterocycles. The third kappa shape index (κ3) is 6.42. The van der Waals surface area contributed by atoms with Crippen LogP contribution in [0.2, 0.25) is 0 Å². The molecule has 4 nitrogen and oxygen atoms in total. The maximum atomic E-state index is 4.71. The summed E-state index contributed by atoms with van der Waals surface area (Å²) < 4.78 is 0. The second kappa shape index (κ2) is 10.4. The van der Waals surface area contributed by atoms with Gasteiger partial charge in [0.05, 0.1) is 6.54 Å². The minimum Gasteiger partial charge on any atom is -0.357 e. The lowest BCUT2D eigenvalue weighted by atomic mass is 9.99. The quantitative estimate of drug-likeness (QED) is 0.424. The number of nitrogens with one attached hydrogen (secondary N) is 2. The third-order valence-electron chi connectivity index (χ3n) is 3.97. The number of rotatable bonds is 5. The van der Waals surface area contributed by atoms with Crippen LogP contribution in [0.25, 0.3) is 0 Å². The first-order valence-corrected chi connectivity index (χ1v) is 8.80. The van der Waals surface area contributed by atoms with Gasteiger partial charge in [0.15, 0.2) is 5.96 Å². The SMILES string of the molecule is CCNC(=NCc1sccc1C)NCC1CCCN(C)C1.I. The summed E-state index contributed by atoms with van der Waals surface area (Å²) in [6.45, 7) is 9.38. The molecule has 1 fully saturated rings. The molecule has 6 heteroatoms. The van der Waals surface area contributed by atoms with Crippen molar-refractivity contribution in [3.05, 3.63) is 21.9 Å². The van der Waals surface area contributed by atoms with E-state index in [4.69, 9.17) is 4.99 Å². The largest absolute Gasteiger partial charge is 0.357 e.